The summed E-state index contributed by atoms with van der Waals surface area (Å²) in [5.41, 5.74) is -0.0316. The lowest BCUT2D eigenvalue weighted by Crippen LogP contribution is -2.54. The van der Waals surface area contributed by atoms with E-state index in [0.717, 1.165) is 5.56 Å². The van der Waals surface area contributed by atoms with E-state index in [4.69, 9.17) is 4.74 Å². The van der Waals surface area contributed by atoms with E-state index < -0.39 is 23.2 Å². The molecule has 0 aliphatic heterocycles. The van der Waals surface area contributed by atoms with Gasteiger partial charge in [-0.3, -0.25) is 4.79 Å². The summed E-state index contributed by atoms with van der Waals surface area (Å²) >= 11 is 0. The summed E-state index contributed by atoms with van der Waals surface area (Å²) < 4.78 is 5.25. The Hall–Kier alpha value is -2.04. The zero-order valence-corrected chi connectivity index (χ0v) is 14.9. The van der Waals surface area contributed by atoms with E-state index in [0.29, 0.717) is 6.54 Å². The predicted molar refractivity (Wildman–Crippen MR) is 90.9 cm³/mol. The van der Waals surface area contributed by atoms with Crippen LogP contribution in [0.3, 0.4) is 0 Å². The molecule has 5 nitrogen and oxygen atoms in total. The Morgan fingerprint density at radius 2 is 1.61 bits per heavy atom. The van der Waals surface area contributed by atoms with Crippen LogP contribution in [0.1, 0.15) is 47.1 Å². The summed E-state index contributed by atoms with van der Waals surface area (Å²) in [4.78, 5) is 24.5. The van der Waals surface area contributed by atoms with Gasteiger partial charge in [-0.2, -0.15) is 0 Å². The lowest BCUT2D eigenvalue weighted by Gasteiger charge is -2.31. The molecule has 2 N–H and O–H groups in total. The summed E-state index contributed by atoms with van der Waals surface area (Å²) in [6.45, 7) is 11.5. The summed E-state index contributed by atoms with van der Waals surface area (Å²) in [6, 6.07) is 8.96. The topological polar surface area (TPSA) is 67.4 Å². The first kappa shape index (κ1) is 19.0. The second-order valence-electron chi connectivity index (χ2n) is 7.65. The average Bonchev–Trinajstić information content (AvgIpc) is 2.40. The molecule has 2 amide bonds. The van der Waals surface area contributed by atoms with Crippen molar-refractivity contribution in [3.63, 3.8) is 0 Å². The van der Waals surface area contributed by atoms with Gasteiger partial charge in [-0.25, -0.2) is 4.79 Å². The number of amides is 2. The van der Waals surface area contributed by atoms with Crippen LogP contribution in [0, 0.1) is 5.41 Å². The normalized spacial score (nSPS) is 13.1. The summed E-state index contributed by atoms with van der Waals surface area (Å²) in [5, 5.41) is 5.54. The van der Waals surface area contributed by atoms with Crippen molar-refractivity contribution in [2.75, 3.05) is 0 Å². The number of nitrogens with one attached hydrogen (secondary N) is 2. The number of carbonyl (C=O) groups is 2. The zero-order valence-electron chi connectivity index (χ0n) is 14.9. The molecular formula is C18H28N2O3. The van der Waals surface area contributed by atoms with Crippen molar-refractivity contribution in [3.8, 4) is 0 Å². The van der Waals surface area contributed by atoms with Gasteiger partial charge in [0.2, 0.25) is 5.91 Å². The average molecular weight is 320 g/mol. The van der Waals surface area contributed by atoms with Gasteiger partial charge in [0.15, 0.2) is 0 Å². The second kappa shape index (κ2) is 7.49. The third kappa shape index (κ3) is 7.17. The van der Waals surface area contributed by atoms with E-state index in [1.165, 1.54) is 0 Å². The number of hydrogen-bond donors (Lipinski definition) is 2. The van der Waals surface area contributed by atoms with Crippen molar-refractivity contribution in [1.82, 2.24) is 10.6 Å². The third-order valence-corrected chi connectivity index (χ3v) is 3.10. The fourth-order valence-corrected chi connectivity index (χ4v) is 1.99. The first-order valence-corrected chi connectivity index (χ1v) is 7.80. The van der Waals surface area contributed by atoms with Gasteiger partial charge in [0.05, 0.1) is 0 Å². The van der Waals surface area contributed by atoms with Crippen LogP contribution >= 0.6 is 0 Å². The standard InChI is InChI=1S/C18H28N2O3/c1-17(2,3)14(20-16(22)23-18(4,5)6)15(21)19-12-13-10-8-7-9-11-13/h7-11,14H,12H2,1-6H3,(H,19,21)(H,20,22)/t14-/m1/s1. The van der Waals surface area contributed by atoms with Crippen LogP contribution < -0.4 is 10.6 Å². The quantitative estimate of drug-likeness (QED) is 0.895. The monoisotopic (exact) mass is 320 g/mol. The maximum absolute atomic E-state index is 12.5. The Balaban J connectivity index is 2.70. The highest BCUT2D eigenvalue weighted by Gasteiger charge is 2.33. The first-order chi connectivity index (χ1) is 10.5. The molecule has 128 valence electrons. The maximum atomic E-state index is 12.5. The van der Waals surface area contributed by atoms with Crippen LogP contribution in [-0.2, 0) is 16.1 Å². The molecule has 0 aliphatic rings. The largest absolute Gasteiger partial charge is 0.444 e. The zero-order chi connectivity index (χ0) is 17.7. The van der Waals surface area contributed by atoms with Crippen LogP contribution in [0.25, 0.3) is 0 Å². The fourth-order valence-electron chi connectivity index (χ4n) is 1.99. The van der Waals surface area contributed by atoms with E-state index in [1.807, 2.05) is 51.1 Å². The van der Waals surface area contributed by atoms with Gasteiger partial charge in [0, 0.05) is 6.54 Å². The molecule has 0 bridgehead atoms. The summed E-state index contributed by atoms with van der Waals surface area (Å²) in [5.74, 6) is -0.229. The van der Waals surface area contributed by atoms with Crippen LogP contribution in [0.2, 0.25) is 0 Å². The molecule has 0 radical (unpaired) electrons. The molecular weight excluding hydrogens is 292 g/mol. The Bertz CT molecular complexity index is 527. The van der Waals surface area contributed by atoms with Crippen LogP contribution in [0.5, 0.6) is 0 Å². The lowest BCUT2D eigenvalue weighted by atomic mass is 9.86. The number of benzene rings is 1. The van der Waals surface area contributed by atoms with Crippen molar-refractivity contribution in [3.05, 3.63) is 35.9 Å². The number of hydrogen-bond acceptors (Lipinski definition) is 3. The van der Waals surface area contributed by atoms with E-state index in [9.17, 15) is 9.59 Å². The Morgan fingerprint density at radius 3 is 2.09 bits per heavy atom. The number of rotatable bonds is 4. The van der Waals surface area contributed by atoms with Gasteiger partial charge in [0.1, 0.15) is 11.6 Å². The number of carbonyl (C=O) groups excluding carboxylic acids is 2. The van der Waals surface area contributed by atoms with E-state index in [2.05, 4.69) is 10.6 Å². The van der Waals surface area contributed by atoms with Crippen molar-refractivity contribution in [1.29, 1.82) is 0 Å². The van der Waals surface area contributed by atoms with Gasteiger partial charge in [0.25, 0.3) is 0 Å². The van der Waals surface area contributed by atoms with Crippen LogP contribution in [0.15, 0.2) is 30.3 Å². The van der Waals surface area contributed by atoms with Crippen LogP contribution in [0.4, 0.5) is 4.79 Å². The summed E-state index contributed by atoms with van der Waals surface area (Å²) in [6.07, 6.45) is -0.590. The van der Waals surface area contributed by atoms with E-state index in [1.54, 1.807) is 20.8 Å². The minimum Gasteiger partial charge on any atom is -0.444 e. The highest BCUT2D eigenvalue weighted by atomic mass is 16.6. The molecule has 1 aromatic rings. The predicted octanol–water partition coefficient (Wildman–Crippen LogP) is 3.24. The van der Waals surface area contributed by atoms with Crippen LogP contribution in [-0.4, -0.2) is 23.6 Å². The molecule has 1 aromatic carbocycles. The van der Waals surface area contributed by atoms with Crippen molar-refractivity contribution < 1.29 is 14.3 Å². The molecule has 1 atom stereocenters. The minimum atomic E-state index is -0.680. The van der Waals surface area contributed by atoms with E-state index >= 15 is 0 Å². The van der Waals surface area contributed by atoms with Gasteiger partial charge >= 0.3 is 6.09 Å². The molecule has 0 unspecified atom stereocenters. The van der Waals surface area contributed by atoms with Crippen molar-refractivity contribution >= 4 is 12.0 Å². The van der Waals surface area contributed by atoms with E-state index in [-0.39, 0.29) is 5.91 Å². The molecule has 0 spiro atoms. The Morgan fingerprint density at radius 1 is 1.04 bits per heavy atom. The highest BCUT2D eigenvalue weighted by Crippen LogP contribution is 2.20. The smallest absolute Gasteiger partial charge is 0.408 e. The Labute approximate surface area is 138 Å². The fraction of sp³-hybridized carbons (Fsp3) is 0.556. The molecule has 0 saturated heterocycles. The number of alkyl carbamates (subject to hydrolysis) is 1. The van der Waals surface area contributed by atoms with Gasteiger partial charge in [-0.1, -0.05) is 51.1 Å². The molecule has 0 saturated carbocycles. The van der Waals surface area contributed by atoms with Crippen molar-refractivity contribution in [2.45, 2.75) is 59.7 Å². The summed E-state index contributed by atoms with van der Waals surface area (Å²) in [7, 11) is 0. The van der Waals surface area contributed by atoms with Gasteiger partial charge in [-0.05, 0) is 31.7 Å². The minimum absolute atomic E-state index is 0.229. The Kier molecular flexibility index (Phi) is 6.19. The SMILES string of the molecule is CC(C)(C)OC(=O)N[C@H](C(=O)NCc1ccccc1)C(C)(C)C. The molecule has 0 heterocycles. The first-order valence-electron chi connectivity index (χ1n) is 7.80. The molecule has 1 rings (SSSR count). The van der Waals surface area contributed by atoms with Gasteiger partial charge in [-0.15, -0.1) is 0 Å². The molecule has 0 aromatic heterocycles. The molecule has 0 fully saturated rings. The third-order valence-electron chi connectivity index (χ3n) is 3.10. The molecule has 0 aliphatic carbocycles. The lowest BCUT2D eigenvalue weighted by molar-refractivity contribution is -0.125. The number of ether oxygens (including phenoxy) is 1. The maximum Gasteiger partial charge on any atom is 0.408 e. The second-order valence-corrected chi connectivity index (χ2v) is 7.65. The highest BCUT2D eigenvalue weighted by molar-refractivity contribution is 5.86. The molecule has 23 heavy (non-hydrogen) atoms. The van der Waals surface area contributed by atoms with Gasteiger partial charge < -0.3 is 15.4 Å². The van der Waals surface area contributed by atoms with Crippen molar-refractivity contribution in [2.24, 2.45) is 5.41 Å². The molecule has 5 heteroatoms.